The van der Waals surface area contributed by atoms with Crippen molar-refractivity contribution < 1.29 is 13.3 Å². The Kier molecular flexibility index (Phi) is 11.2. The highest BCUT2D eigenvalue weighted by atomic mass is 35.5. The number of hydrogen-bond donors (Lipinski definition) is 2. The summed E-state index contributed by atoms with van der Waals surface area (Å²) < 4.78 is 26.6. The molecule has 0 saturated carbocycles. The van der Waals surface area contributed by atoms with Crippen LogP contribution in [0.5, 0.6) is 0 Å². The van der Waals surface area contributed by atoms with Gasteiger partial charge < -0.3 is 10.2 Å². The molecule has 1 heterocycles. The standard InChI is InChI=1S/C14H22N4O4S.2ClH/c19-18(20)14-4-2-13(3-5-14)12-23(21,22)16-6-1-9-17-10-7-15-8-11-17;;/h2-5,15-16H,1,6-12H2;2*1H. The Bertz CT molecular complexity index is 622. The quantitative estimate of drug-likeness (QED) is 0.375. The maximum Gasteiger partial charge on any atom is 0.269 e. The van der Waals surface area contributed by atoms with Crippen LogP contribution in [0.25, 0.3) is 0 Å². The van der Waals surface area contributed by atoms with Gasteiger partial charge in [-0.3, -0.25) is 10.1 Å². The monoisotopic (exact) mass is 414 g/mol. The van der Waals surface area contributed by atoms with Crippen LogP contribution in [0.3, 0.4) is 0 Å². The molecule has 1 aliphatic heterocycles. The van der Waals surface area contributed by atoms with Crippen molar-refractivity contribution in [3.63, 3.8) is 0 Å². The fraction of sp³-hybridized carbons (Fsp3) is 0.571. The van der Waals surface area contributed by atoms with Crippen molar-refractivity contribution in [3.8, 4) is 0 Å². The first-order valence-corrected chi connectivity index (χ1v) is 9.25. The average molecular weight is 415 g/mol. The van der Waals surface area contributed by atoms with E-state index >= 15 is 0 Å². The van der Waals surface area contributed by atoms with Crippen LogP contribution in [0.15, 0.2) is 24.3 Å². The summed E-state index contributed by atoms with van der Waals surface area (Å²) >= 11 is 0. The Morgan fingerprint density at radius 1 is 1.16 bits per heavy atom. The van der Waals surface area contributed by atoms with Gasteiger partial charge in [0.15, 0.2) is 0 Å². The van der Waals surface area contributed by atoms with Gasteiger partial charge >= 0.3 is 0 Å². The molecule has 0 radical (unpaired) electrons. The molecule has 1 aromatic carbocycles. The van der Waals surface area contributed by atoms with Gasteiger partial charge in [-0.1, -0.05) is 12.1 Å². The third kappa shape index (κ3) is 8.80. The summed E-state index contributed by atoms with van der Waals surface area (Å²) in [4.78, 5) is 12.4. The summed E-state index contributed by atoms with van der Waals surface area (Å²) in [6.45, 7) is 5.23. The molecular formula is C14H24Cl2N4O4S. The lowest BCUT2D eigenvalue weighted by Gasteiger charge is -2.27. The number of benzene rings is 1. The van der Waals surface area contributed by atoms with Crippen molar-refractivity contribution in [1.29, 1.82) is 0 Å². The number of hydrogen-bond acceptors (Lipinski definition) is 6. The normalized spacial score (nSPS) is 15.0. The van der Waals surface area contributed by atoms with Gasteiger partial charge in [0, 0.05) is 44.9 Å². The number of halogens is 2. The van der Waals surface area contributed by atoms with E-state index in [4.69, 9.17) is 0 Å². The van der Waals surface area contributed by atoms with Crippen LogP contribution >= 0.6 is 24.8 Å². The Balaban J connectivity index is 0.00000288. The van der Waals surface area contributed by atoms with Crippen LogP contribution in [0.2, 0.25) is 0 Å². The fourth-order valence-electron chi connectivity index (χ4n) is 2.45. The molecule has 144 valence electrons. The van der Waals surface area contributed by atoms with E-state index in [2.05, 4.69) is 14.9 Å². The first kappa shape index (κ1) is 24.0. The largest absolute Gasteiger partial charge is 0.314 e. The van der Waals surface area contributed by atoms with Crippen LogP contribution in [-0.2, 0) is 15.8 Å². The van der Waals surface area contributed by atoms with E-state index in [1.807, 2.05) is 0 Å². The summed E-state index contributed by atoms with van der Waals surface area (Å²) in [5.74, 6) is -0.168. The zero-order chi connectivity index (χ0) is 16.7. The molecule has 2 rings (SSSR count). The lowest BCUT2D eigenvalue weighted by atomic mass is 10.2. The summed E-state index contributed by atoms with van der Waals surface area (Å²) in [5, 5.41) is 13.8. The molecule has 0 unspecified atom stereocenters. The maximum atomic E-state index is 12.0. The number of nitrogens with one attached hydrogen (secondary N) is 2. The second-order valence-corrected chi connectivity index (χ2v) is 7.33. The van der Waals surface area contributed by atoms with Crippen LogP contribution in [0.1, 0.15) is 12.0 Å². The van der Waals surface area contributed by atoms with Crippen molar-refractivity contribution >= 4 is 40.5 Å². The zero-order valence-corrected chi connectivity index (χ0v) is 16.2. The lowest BCUT2D eigenvalue weighted by molar-refractivity contribution is -0.384. The lowest BCUT2D eigenvalue weighted by Crippen LogP contribution is -2.44. The Labute approximate surface area is 160 Å². The molecule has 0 aliphatic carbocycles. The summed E-state index contributed by atoms with van der Waals surface area (Å²) in [5.41, 5.74) is 0.486. The second kappa shape index (κ2) is 11.6. The highest BCUT2D eigenvalue weighted by Gasteiger charge is 2.13. The molecule has 0 aromatic heterocycles. The van der Waals surface area contributed by atoms with Gasteiger partial charge in [-0.2, -0.15) is 0 Å². The van der Waals surface area contributed by atoms with Gasteiger partial charge in [0.05, 0.1) is 10.7 Å². The summed E-state index contributed by atoms with van der Waals surface area (Å²) in [6.07, 6.45) is 0.763. The van der Waals surface area contributed by atoms with Gasteiger partial charge in [-0.05, 0) is 18.5 Å². The molecule has 1 fully saturated rings. The Morgan fingerprint density at radius 3 is 2.32 bits per heavy atom. The zero-order valence-electron chi connectivity index (χ0n) is 13.7. The summed E-state index contributed by atoms with van der Waals surface area (Å²) in [6, 6.07) is 5.57. The minimum Gasteiger partial charge on any atom is -0.314 e. The number of piperazine rings is 1. The number of nitro benzene ring substituents is 1. The molecule has 25 heavy (non-hydrogen) atoms. The highest BCUT2D eigenvalue weighted by Crippen LogP contribution is 2.13. The first-order chi connectivity index (χ1) is 11.0. The van der Waals surface area contributed by atoms with Gasteiger partial charge in [-0.15, -0.1) is 24.8 Å². The fourth-order valence-corrected chi connectivity index (χ4v) is 3.64. The smallest absolute Gasteiger partial charge is 0.269 e. The number of sulfonamides is 1. The molecule has 2 N–H and O–H groups in total. The first-order valence-electron chi connectivity index (χ1n) is 7.60. The Morgan fingerprint density at radius 2 is 1.76 bits per heavy atom. The highest BCUT2D eigenvalue weighted by molar-refractivity contribution is 7.88. The number of nitrogens with zero attached hydrogens (tertiary/aromatic N) is 2. The van der Waals surface area contributed by atoms with E-state index in [0.29, 0.717) is 12.1 Å². The summed E-state index contributed by atoms with van der Waals surface area (Å²) in [7, 11) is -3.42. The van der Waals surface area contributed by atoms with Gasteiger partial charge in [0.2, 0.25) is 10.0 Å². The van der Waals surface area contributed by atoms with Crippen LogP contribution in [-0.4, -0.2) is 57.5 Å². The maximum absolute atomic E-state index is 12.0. The van der Waals surface area contributed by atoms with E-state index < -0.39 is 14.9 Å². The van der Waals surface area contributed by atoms with E-state index in [1.54, 1.807) is 0 Å². The van der Waals surface area contributed by atoms with Crippen LogP contribution in [0.4, 0.5) is 5.69 Å². The van der Waals surface area contributed by atoms with Gasteiger partial charge in [-0.25, -0.2) is 13.1 Å². The minimum atomic E-state index is -3.42. The predicted octanol–water partition coefficient (Wildman–Crippen LogP) is 1.15. The van der Waals surface area contributed by atoms with E-state index in [9.17, 15) is 18.5 Å². The number of nitro groups is 1. The molecule has 0 amide bonds. The van der Waals surface area contributed by atoms with Crippen molar-refractivity contribution in [1.82, 2.24) is 14.9 Å². The predicted molar refractivity (Wildman–Crippen MR) is 102 cm³/mol. The molecule has 11 heteroatoms. The SMILES string of the molecule is Cl.Cl.O=[N+]([O-])c1ccc(CS(=O)(=O)NCCCN2CCNCC2)cc1. The molecule has 0 bridgehead atoms. The molecule has 1 aliphatic rings. The molecular weight excluding hydrogens is 391 g/mol. The topological polar surface area (TPSA) is 105 Å². The molecule has 0 spiro atoms. The van der Waals surface area contributed by atoms with Crippen molar-refractivity contribution in [2.75, 3.05) is 39.3 Å². The average Bonchev–Trinajstić information content (AvgIpc) is 2.53. The number of non-ortho nitro benzene ring substituents is 1. The van der Waals surface area contributed by atoms with E-state index in [1.165, 1.54) is 24.3 Å². The van der Waals surface area contributed by atoms with E-state index in [0.717, 1.165) is 39.1 Å². The van der Waals surface area contributed by atoms with Gasteiger partial charge in [0.1, 0.15) is 0 Å². The van der Waals surface area contributed by atoms with Crippen molar-refractivity contribution in [3.05, 3.63) is 39.9 Å². The van der Waals surface area contributed by atoms with Gasteiger partial charge in [0.25, 0.3) is 5.69 Å². The number of rotatable bonds is 8. The minimum absolute atomic E-state index is 0. The molecule has 1 aromatic rings. The van der Waals surface area contributed by atoms with E-state index in [-0.39, 0.29) is 36.3 Å². The second-order valence-electron chi connectivity index (χ2n) is 5.52. The molecule has 8 nitrogen and oxygen atoms in total. The van der Waals surface area contributed by atoms with Crippen LogP contribution in [0, 0.1) is 10.1 Å². The van der Waals surface area contributed by atoms with Crippen molar-refractivity contribution in [2.24, 2.45) is 0 Å². The Hall–Kier alpha value is -0.970. The van der Waals surface area contributed by atoms with Crippen LogP contribution < -0.4 is 10.0 Å². The molecule has 1 saturated heterocycles. The third-order valence-corrected chi connectivity index (χ3v) is 5.04. The molecule has 0 atom stereocenters. The third-order valence-electron chi connectivity index (χ3n) is 3.69. The van der Waals surface area contributed by atoms with Crippen molar-refractivity contribution in [2.45, 2.75) is 12.2 Å².